The molecule has 1 unspecified atom stereocenters. The molecule has 43 heavy (non-hydrogen) atoms. The molecule has 10 nitrogen and oxygen atoms in total. The highest BCUT2D eigenvalue weighted by atomic mass is 28.4. The van der Waals surface area contributed by atoms with Crippen LogP contribution in [-0.2, 0) is 13.9 Å². The Morgan fingerprint density at radius 3 is 2.14 bits per heavy atom. The lowest BCUT2D eigenvalue weighted by Gasteiger charge is -2.45. The number of piperazine rings is 1. The van der Waals surface area contributed by atoms with Gasteiger partial charge in [0.2, 0.25) is 0 Å². The first-order valence-corrected chi connectivity index (χ1v) is 16.6. The molecule has 2 aliphatic heterocycles. The minimum absolute atomic E-state index is 0.00495. The van der Waals surface area contributed by atoms with Crippen LogP contribution in [0, 0.1) is 0 Å². The van der Waals surface area contributed by atoms with Crippen LogP contribution >= 0.6 is 0 Å². The summed E-state index contributed by atoms with van der Waals surface area (Å²) < 4.78 is 17.8. The van der Waals surface area contributed by atoms with Crippen molar-refractivity contribution in [2.45, 2.75) is 64.5 Å². The zero-order valence-corrected chi connectivity index (χ0v) is 27.1. The largest absolute Gasteiger partial charge is 0.445 e. The topological polar surface area (TPSA) is 119 Å². The highest BCUT2D eigenvalue weighted by Crippen LogP contribution is 2.37. The van der Waals surface area contributed by atoms with E-state index >= 15 is 0 Å². The molecule has 1 fully saturated rings. The van der Waals surface area contributed by atoms with E-state index in [0.29, 0.717) is 31.8 Å². The molecule has 0 aromatic heterocycles. The van der Waals surface area contributed by atoms with Crippen LogP contribution in [0.1, 0.15) is 41.5 Å². The summed E-state index contributed by atoms with van der Waals surface area (Å²) in [6, 6.07) is 21.1. The van der Waals surface area contributed by atoms with Crippen molar-refractivity contribution in [2.24, 2.45) is 10.7 Å². The number of hydrogen-bond donors (Lipinski definition) is 2. The van der Waals surface area contributed by atoms with E-state index in [2.05, 4.69) is 84.5 Å². The van der Waals surface area contributed by atoms with Crippen molar-refractivity contribution in [2.75, 3.05) is 32.8 Å². The maximum atomic E-state index is 13.3. The molecule has 0 spiro atoms. The predicted octanol–water partition coefficient (Wildman–Crippen LogP) is 3.42. The molecule has 2 heterocycles. The second-order valence-electron chi connectivity index (χ2n) is 12.9. The minimum Gasteiger partial charge on any atom is -0.445 e. The summed E-state index contributed by atoms with van der Waals surface area (Å²) in [5.74, 6) is 0. The van der Waals surface area contributed by atoms with Crippen LogP contribution in [0.3, 0.4) is 0 Å². The fourth-order valence-corrected chi connectivity index (χ4v) is 10.2. The monoisotopic (exact) mass is 607 g/mol. The number of aliphatic imine (C=N–C) groups is 1. The first-order valence-electron chi connectivity index (χ1n) is 14.7. The van der Waals surface area contributed by atoms with Gasteiger partial charge < -0.3 is 25.0 Å². The molecule has 2 amide bonds. The van der Waals surface area contributed by atoms with Gasteiger partial charge in [-0.15, -0.1) is 0 Å². The number of nitrogens with zero attached hydrogens (tertiary/aromatic N) is 3. The van der Waals surface area contributed by atoms with E-state index in [1.54, 1.807) is 12.4 Å². The fourth-order valence-electron chi connectivity index (χ4n) is 5.63. The lowest BCUT2D eigenvalue weighted by molar-refractivity contribution is -0.00295. The predicted molar refractivity (Wildman–Crippen MR) is 171 cm³/mol. The minimum atomic E-state index is -2.71. The lowest BCUT2D eigenvalue weighted by Crippen LogP contribution is -2.68. The summed E-state index contributed by atoms with van der Waals surface area (Å²) >= 11 is 0. The van der Waals surface area contributed by atoms with E-state index in [9.17, 15) is 9.59 Å². The Hall–Kier alpha value is -3.51. The molecule has 0 bridgehead atoms. The maximum absolute atomic E-state index is 13.3. The van der Waals surface area contributed by atoms with Crippen LogP contribution in [0.4, 0.5) is 9.59 Å². The van der Waals surface area contributed by atoms with Crippen molar-refractivity contribution in [3.63, 3.8) is 0 Å². The van der Waals surface area contributed by atoms with E-state index in [0.717, 1.165) is 0 Å². The Balaban J connectivity index is 1.57. The Morgan fingerprint density at radius 2 is 1.60 bits per heavy atom. The van der Waals surface area contributed by atoms with Gasteiger partial charge >= 0.3 is 12.2 Å². The average molecular weight is 608 g/mol. The summed E-state index contributed by atoms with van der Waals surface area (Å²) in [6.07, 6.45) is 1.18. The van der Waals surface area contributed by atoms with Gasteiger partial charge in [0.1, 0.15) is 12.2 Å². The Morgan fingerprint density at radius 1 is 1.00 bits per heavy atom. The third kappa shape index (κ3) is 7.91. The number of rotatable bonds is 8. The average Bonchev–Trinajstić information content (AvgIpc) is 2.96. The molecule has 0 saturated carbocycles. The van der Waals surface area contributed by atoms with Crippen molar-refractivity contribution in [1.29, 1.82) is 0 Å². The van der Waals surface area contributed by atoms with Crippen LogP contribution in [0.15, 0.2) is 77.4 Å². The fraction of sp³-hybridized carbons (Fsp3) is 0.469. The Bertz CT molecular complexity index is 1270. The summed E-state index contributed by atoms with van der Waals surface area (Å²) in [7, 11) is -2.71. The van der Waals surface area contributed by atoms with Gasteiger partial charge in [-0.25, -0.2) is 14.5 Å². The zero-order valence-electron chi connectivity index (χ0n) is 26.1. The van der Waals surface area contributed by atoms with Crippen LogP contribution in [0.2, 0.25) is 5.04 Å². The van der Waals surface area contributed by atoms with Crippen molar-refractivity contribution < 1.29 is 23.5 Å². The molecule has 3 N–H and O–H groups in total. The molecule has 0 aliphatic carbocycles. The van der Waals surface area contributed by atoms with E-state index in [4.69, 9.17) is 19.6 Å². The van der Waals surface area contributed by atoms with Crippen LogP contribution < -0.4 is 21.4 Å². The highest BCUT2D eigenvalue weighted by molar-refractivity contribution is 6.99. The van der Waals surface area contributed by atoms with E-state index < -0.39 is 32.4 Å². The third-order valence-corrected chi connectivity index (χ3v) is 12.4. The molecule has 1 saturated heterocycles. The van der Waals surface area contributed by atoms with Crippen LogP contribution in [0.25, 0.3) is 0 Å². The number of nitrogens with one attached hydrogen (secondary N) is 1. The van der Waals surface area contributed by atoms with Crippen LogP contribution in [0.5, 0.6) is 0 Å². The standard InChI is InChI=1S/C32H45N5O5Si/c1-31(2,3)42-30(39)37-20-24(22-40-28(33)38)19-35-29(37)36-18-17-34-25(21-36)23-41-43(32(4,5)6,26-13-9-7-10-14-26)27-15-11-8-12-16-27/h7-16,19-20,25,29,34H,17-18,21-23H2,1-6H3,(H2,33,38)/t25?,29-/m0/s1. The quantitative estimate of drug-likeness (QED) is 0.442. The van der Waals surface area contributed by atoms with Gasteiger partial charge in [0.15, 0.2) is 6.29 Å². The first kappa shape index (κ1) is 32.4. The molecule has 2 aliphatic rings. The van der Waals surface area contributed by atoms with E-state index in [1.807, 2.05) is 32.9 Å². The van der Waals surface area contributed by atoms with Gasteiger partial charge in [0.25, 0.3) is 8.32 Å². The molecule has 232 valence electrons. The van der Waals surface area contributed by atoms with Crippen molar-refractivity contribution >= 4 is 37.1 Å². The number of amides is 2. The lowest BCUT2D eigenvalue weighted by atomic mass is 10.2. The smallest absolute Gasteiger partial charge is 0.417 e. The number of ether oxygens (including phenoxy) is 2. The summed E-state index contributed by atoms with van der Waals surface area (Å²) in [5, 5.41) is 5.94. The molecule has 2 aromatic carbocycles. The van der Waals surface area contributed by atoms with Crippen LogP contribution in [-0.4, -0.2) is 87.3 Å². The molecular formula is C32H45N5O5Si. The maximum Gasteiger partial charge on any atom is 0.417 e. The number of hydrogen-bond acceptors (Lipinski definition) is 8. The number of primary amides is 1. The normalized spacial score (nSPS) is 20.0. The molecule has 2 aromatic rings. The number of nitrogens with two attached hydrogens (primary N) is 1. The molecule has 11 heteroatoms. The second kappa shape index (κ2) is 13.4. The van der Waals surface area contributed by atoms with Gasteiger partial charge in [-0.3, -0.25) is 9.89 Å². The number of benzene rings is 2. The highest BCUT2D eigenvalue weighted by Gasteiger charge is 2.50. The van der Waals surface area contributed by atoms with Gasteiger partial charge in [-0.1, -0.05) is 81.4 Å². The summed E-state index contributed by atoms with van der Waals surface area (Å²) in [6.45, 7) is 14.6. The number of carbonyl (C=O) groups excluding carboxylic acids is 2. The second-order valence-corrected chi connectivity index (χ2v) is 17.2. The third-order valence-electron chi connectivity index (χ3n) is 7.44. The van der Waals surface area contributed by atoms with E-state index in [-0.39, 0.29) is 17.7 Å². The van der Waals surface area contributed by atoms with Gasteiger partial charge in [0.05, 0.1) is 6.61 Å². The van der Waals surface area contributed by atoms with Crippen molar-refractivity contribution in [3.8, 4) is 0 Å². The molecular weight excluding hydrogens is 562 g/mol. The van der Waals surface area contributed by atoms with Crippen molar-refractivity contribution in [1.82, 2.24) is 15.1 Å². The van der Waals surface area contributed by atoms with Gasteiger partial charge in [-0.05, 0) is 36.2 Å². The summed E-state index contributed by atoms with van der Waals surface area (Å²) in [5.41, 5.74) is 4.98. The zero-order chi connectivity index (χ0) is 31.3. The summed E-state index contributed by atoms with van der Waals surface area (Å²) in [4.78, 5) is 32.8. The Labute approximate surface area is 256 Å². The molecule has 2 atom stereocenters. The van der Waals surface area contributed by atoms with Crippen molar-refractivity contribution in [3.05, 3.63) is 72.4 Å². The molecule has 4 rings (SSSR count). The van der Waals surface area contributed by atoms with Gasteiger partial charge in [0, 0.05) is 43.7 Å². The first-order chi connectivity index (χ1) is 20.3. The Kier molecular flexibility index (Phi) is 10.1. The van der Waals surface area contributed by atoms with E-state index in [1.165, 1.54) is 15.3 Å². The number of carbonyl (C=O) groups is 2. The van der Waals surface area contributed by atoms with Gasteiger partial charge in [-0.2, -0.15) is 0 Å². The molecule has 0 radical (unpaired) electrons. The SMILES string of the molecule is CC(C)(C)OC(=O)N1C=C(COC(N)=O)C=N[C@H]1N1CCNC(CO[Si](c2ccccc2)(c2ccccc2)C(C)(C)C)C1.